The van der Waals surface area contributed by atoms with Gasteiger partial charge in [-0.1, -0.05) is 16.8 Å². The van der Waals surface area contributed by atoms with Gasteiger partial charge >= 0.3 is 0 Å². The average molecular weight is 363 g/mol. The van der Waals surface area contributed by atoms with Gasteiger partial charge in [-0.25, -0.2) is 0 Å². The van der Waals surface area contributed by atoms with Crippen LogP contribution in [0.3, 0.4) is 0 Å². The van der Waals surface area contributed by atoms with E-state index in [4.69, 9.17) is 20.5 Å². The average Bonchev–Trinajstić information content (AvgIpc) is 3.25. The summed E-state index contributed by atoms with van der Waals surface area (Å²) in [4.78, 5) is 26.3. The fourth-order valence-corrected chi connectivity index (χ4v) is 2.22. The highest BCUT2D eigenvalue weighted by molar-refractivity contribution is 6.32. The Morgan fingerprint density at radius 1 is 1.36 bits per heavy atom. The monoisotopic (exact) mass is 362 g/mol. The first kappa shape index (κ1) is 16.7. The number of aryl methyl sites for hydroxylation is 1. The number of carbonyl (C=O) groups excluding carboxylic acids is 1. The van der Waals surface area contributed by atoms with Gasteiger partial charge in [0.2, 0.25) is 17.6 Å². The number of nitro groups is 1. The summed E-state index contributed by atoms with van der Waals surface area (Å²) in [6, 6.07) is 7.42. The third kappa shape index (κ3) is 4.01. The summed E-state index contributed by atoms with van der Waals surface area (Å²) in [6.45, 7) is 0. The number of rotatable bonds is 6. The van der Waals surface area contributed by atoms with Crippen LogP contribution in [0.5, 0.6) is 0 Å². The van der Waals surface area contributed by atoms with Crippen LogP contribution in [0, 0.1) is 10.1 Å². The Morgan fingerprint density at radius 3 is 2.92 bits per heavy atom. The van der Waals surface area contributed by atoms with E-state index in [0.29, 0.717) is 11.6 Å². The molecule has 3 aromatic rings. The Labute approximate surface area is 145 Å². The fraction of sp³-hybridized carbons (Fsp3) is 0.133. The van der Waals surface area contributed by atoms with Crippen LogP contribution in [0.15, 0.2) is 45.5 Å². The number of benzene rings is 1. The van der Waals surface area contributed by atoms with Crippen molar-refractivity contribution in [3.8, 4) is 11.6 Å². The first-order chi connectivity index (χ1) is 12.0. The molecule has 0 fully saturated rings. The molecule has 25 heavy (non-hydrogen) atoms. The minimum atomic E-state index is -0.618. The minimum absolute atomic E-state index is 0.000635. The molecule has 0 saturated carbocycles. The molecule has 0 aliphatic heterocycles. The number of hydrogen-bond acceptors (Lipinski definition) is 7. The highest BCUT2D eigenvalue weighted by atomic mass is 35.5. The third-order valence-corrected chi connectivity index (χ3v) is 3.52. The minimum Gasteiger partial charge on any atom is -0.461 e. The zero-order valence-electron chi connectivity index (χ0n) is 12.6. The highest BCUT2D eigenvalue weighted by Gasteiger charge is 2.15. The number of nitrogens with zero attached hydrogens (tertiary/aromatic N) is 3. The molecule has 1 aromatic carbocycles. The lowest BCUT2D eigenvalue weighted by Gasteiger charge is -2.04. The number of nitro benzene ring substituents is 1. The molecule has 0 aliphatic carbocycles. The van der Waals surface area contributed by atoms with E-state index < -0.39 is 4.92 Å². The predicted octanol–water partition coefficient (Wildman–Crippen LogP) is 3.46. The van der Waals surface area contributed by atoms with E-state index >= 15 is 0 Å². The number of hydrogen-bond donors (Lipinski definition) is 1. The van der Waals surface area contributed by atoms with Crippen molar-refractivity contribution in [3.63, 3.8) is 0 Å². The van der Waals surface area contributed by atoms with Crippen LogP contribution < -0.4 is 5.32 Å². The Bertz CT molecular complexity index is 907. The lowest BCUT2D eigenvalue weighted by atomic mass is 10.2. The van der Waals surface area contributed by atoms with E-state index in [9.17, 15) is 14.9 Å². The first-order valence-electron chi connectivity index (χ1n) is 7.13. The quantitative estimate of drug-likeness (QED) is 0.525. The van der Waals surface area contributed by atoms with Crippen LogP contribution >= 0.6 is 11.6 Å². The molecule has 2 aromatic heterocycles. The largest absolute Gasteiger partial charge is 0.461 e. The number of furan rings is 1. The summed E-state index contributed by atoms with van der Waals surface area (Å²) in [6.07, 6.45) is 1.77. The van der Waals surface area contributed by atoms with Crippen molar-refractivity contribution in [1.82, 2.24) is 10.1 Å². The molecule has 0 unspecified atom stereocenters. The number of amides is 1. The summed E-state index contributed by atoms with van der Waals surface area (Å²) in [5.41, 5.74) is 0.00219. The van der Waals surface area contributed by atoms with Crippen LogP contribution in [0.1, 0.15) is 12.3 Å². The second-order valence-corrected chi connectivity index (χ2v) is 5.37. The normalized spacial score (nSPS) is 10.6. The summed E-state index contributed by atoms with van der Waals surface area (Å²) in [7, 11) is 0. The van der Waals surface area contributed by atoms with E-state index in [2.05, 4.69) is 15.5 Å². The van der Waals surface area contributed by atoms with Gasteiger partial charge in [0.25, 0.3) is 5.69 Å². The standard InChI is InChI=1S/C15H11ClN4O5/c16-10-4-3-9(8-11(10)20(22)23)17-13(21)5-6-14-18-15(19-25-14)12-2-1-7-24-12/h1-4,7-8H,5-6H2,(H,17,21). The molecular formula is C15H11ClN4O5. The van der Waals surface area contributed by atoms with Crippen LogP contribution in [-0.4, -0.2) is 21.0 Å². The van der Waals surface area contributed by atoms with E-state index in [-0.39, 0.29) is 41.0 Å². The smallest absolute Gasteiger partial charge is 0.289 e. The van der Waals surface area contributed by atoms with Crippen molar-refractivity contribution < 1.29 is 18.7 Å². The SMILES string of the molecule is O=C(CCc1nc(-c2ccco2)no1)Nc1ccc(Cl)c([N+](=O)[O-])c1. The van der Waals surface area contributed by atoms with Crippen molar-refractivity contribution in [2.24, 2.45) is 0 Å². The Kier molecular flexibility index (Phi) is 4.75. The van der Waals surface area contributed by atoms with Crippen LogP contribution in [0.4, 0.5) is 11.4 Å². The number of nitrogens with one attached hydrogen (secondary N) is 1. The van der Waals surface area contributed by atoms with Gasteiger partial charge in [0.1, 0.15) is 5.02 Å². The number of halogens is 1. The molecule has 0 bridgehead atoms. The van der Waals surface area contributed by atoms with E-state index in [0.717, 1.165) is 0 Å². The lowest BCUT2D eigenvalue weighted by Crippen LogP contribution is -2.12. The zero-order valence-corrected chi connectivity index (χ0v) is 13.4. The van der Waals surface area contributed by atoms with Gasteiger partial charge in [-0.2, -0.15) is 4.98 Å². The van der Waals surface area contributed by atoms with Gasteiger partial charge in [0.15, 0.2) is 5.76 Å². The van der Waals surface area contributed by atoms with Gasteiger partial charge in [-0.15, -0.1) is 0 Å². The van der Waals surface area contributed by atoms with Gasteiger partial charge in [-0.05, 0) is 24.3 Å². The van der Waals surface area contributed by atoms with Crippen molar-refractivity contribution in [3.05, 3.63) is 57.6 Å². The van der Waals surface area contributed by atoms with E-state index in [1.165, 1.54) is 24.5 Å². The molecular weight excluding hydrogens is 352 g/mol. The Balaban J connectivity index is 1.58. The molecule has 3 rings (SSSR count). The molecule has 0 atom stereocenters. The molecule has 0 saturated heterocycles. The van der Waals surface area contributed by atoms with Gasteiger partial charge in [0.05, 0.1) is 11.2 Å². The summed E-state index contributed by atoms with van der Waals surface area (Å²) < 4.78 is 10.2. The summed E-state index contributed by atoms with van der Waals surface area (Å²) in [5, 5.41) is 17.2. The summed E-state index contributed by atoms with van der Waals surface area (Å²) >= 11 is 5.72. The predicted molar refractivity (Wildman–Crippen MR) is 87.1 cm³/mol. The fourth-order valence-electron chi connectivity index (χ4n) is 2.04. The molecule has 1 N–H and O–H groups in total. The maximum absolute atomic E-state index is 12.0. The van der Waals surface area contributed by atoms with Crippen molar-refractivity contribution in [1.29, 1.82) is 0 Å². The van der Waals surface area contributed by atoms with E-state index in [1.807, 2.05) is 0 Å². The molecule has 128 valence electrons. The molecule has 0 spiro atoms. The second-order valence-electron chi connectivity index (χ2n) is 4.96. The number of aromatic nitrogens is 2. The van der Waals surface area contributed by atoms with Gasteiger partial charge in [-0.3, -0.25) is 14.9 Å². The van der Waals surface area contributed by atoms with Gasteiger partial charge in [0, 0.05) is 24.6 Å². The van der Waals surface area contributed by atoms with Crippen molar-refractivity contribution >= 4 is 28.9 Å². The Morgan fingerprint density at radius 2 is 2.20 bits per heavy atom. The molecule has 0 radical (unpaired) electrons. The first-order valence-corrected chi connectivity index (χ1v) is 7.51. The van der Waals surface area contributed by atoms with Crippen molar-refractivity contribution in [2.75, 3.05) is 5.32 Å². The highest BCUT2D eigenvalue weighted by Crippen LogP contribution is 2.27. The third-order valence-electron chi connectivity index (χ3n) is 3.20. The van der Waals surface area contributed by atoms with Crippen LogP contribution in [-0.2, 0) is 11.2 Å². The zero-order chi connectivity index (χ0) is 17.8. The lowest BCUT2D eigenvalue weighted by molar-refractivity contribution is -0.384. The second kappa shape index (κ2) is 7.14. The van der Waals surface area contributed by atoms with Crippen LogP contribution in [0.2, 0.25) is 5.02 Å². The Hall–Kier alpha value is -3.20. The number of carbonyl (C=O) groups is 1. The van der Waals surface area contributed by atoms with Crippen LogP contribution in [0.25, 0.3) is 11.6 Å². The van der Waals surface area contributed by atoms with Crippen molar-refractivity contribution in [2.45, 2.75) is 12.8 Å². The molecule has 0 aliphatic rings. The maximum Gasteiger partial charge on any atom is 0.289 e. The molecule has 9 nitrogen and oxygen atoms in total. The maximum atomic E-state index is 12.0. The summed E-state index contributed by atoms with van der Waals surface area (Å²) in [5.74, 6) is 0.694. The molecule has 10 heteroatoms. The van der Waals surface area contributed by atoms with E-state index in [1.54, 1.807) is 12.1 Å². The molecule has 2 heterocycles. The molecule has 1 amide bonds. The van der Waals surface area contributed by atoms with Gasteiger partial charge < -0.3 is 14.3 Å². The number of anilines is 1. The topological polar surface area (TPSA) is 124 Å².